The topological polar surface area (TPSA) is 50.7 Å². The molecule has 0 unspecified atom stereocenters. The number of nitrogens with zero attached hydrogens (tertiary/aromatic N) is 2. The number of para-hydroxylation sites is 1. The third-order valence-electron chi connectivity index (χ3n) is 2.81. The number of hydrogen-bond acceptors (Lipinski definition) is 2. The molecule has 84 valence electrons. The summed E-state index contributed by atoms with van der Waals surface area (Å²) in [5.41, 5.74) is 1.85. The monoisotopic (exact) mass is 225 g/mol. The molecule has 0 fully saturated rings. The summed E-state index contributed by atoms with van der Waals surface area (Å²) < 4.78 is 1.47. The van der Waals surface area contributed by atoms with Gasteiger partial charge in [0.25, 0.3) is 5.56 Å². The minimum absolute atomic E-state index is 0.0672. The molecule has 0 aliphatic heterocycles. The van der Waals surface area contributed by atoms with Gasteiger partial charge in [0.2, 0.25) is 0 Å². The predicted octanol–water partition coefficient (Wildman–Crippen LogP) is 2.02. The quantitative estimate of drug-likeness (QED) is 0.688. The molecule has 0 aliphatic carbocycles. The predicted molar refractivity (Wildman–Crippen MR) is 66.4 cm³/mol. The third kappa shape index (κ3) is 1.45. The van der Waals surface area contributed by atoms with E-state index in [1.807, 2.05) is 37.3 Å². The molecule has 4 heteroatoms. The van der Waals surface area contributed by atoms with E-state index in [-0.39, 0.29) is 5.56 Å². The van der Waals surface area contributed by atoms with Crippen LogP contribution >= 0.6 is 0 Å². The minimum atomic E-state index is -0.0672. The Kier molecular flexibility index (Phi) is 2.08. The SMILES string of the molecule is Cc1cccc2c(=O)n(-c3ccccn3)[nH]c12. The van der Waals surface area contributed by atoms with Crippen molar-refractivity contribution >= 4 is 10.9 Å². The lowest BCUT2D eigenvalue weighted by molar-refractivity contribution is 0.830. The molecule has 0 spiro atoms. The lowest BCUT2D eigenvalue weighted by atomic mass is 10.2. The van der Waals surface area contributed by atoms with Gasteiger partial charge in [0.15, 0.2) is 5.82 Å². The van der Waals surface area contributed by atoms with Crippen molar-refractivity contribution in [2.24, 2.45) is 0 Å². The Bertz CT molecular complexity index is 725. The second-order valence-electron chi connectivity index (χ2n) is 3.94. The van der Waals surface area contributed by atoms with Gasteiger partial charge in [-0.15, -0.1) is 0 Å². The molecule has 1 aromatic carbocycles. The first-order valence-electron chi connectivity index (χ1n) is 5.39. The maximum absolute atomic E-state index is 12.2. The Morgan fingerprint density at radius 3 is 2.76 bits per heavy atom. The number of rotatable bonds is 1. The Labute approximate surface area is 97.5 Å². The van der Waals surface area contributed by atoms with E-state index in [9.17, 15) is 4.79 Å². The van der Waals surface area contributed by atoms with E-state index >= 15 is 0 Å². The average molecular weight is 225 g/mol. The van der Waals surface area contributed by atoms with Gasteiger partial charge in [0.05, 0.1) is 10.9 Å². The first-order chi connectivity index (χ1) is 8.27. The lowest BCUT2D eigenvalue weighted by Crippen LogP contribution is -2.15. The van der Waals surface area contributed by atoms with Crippen LogP contribution in [0.15, 0.2) is 47.4 Å². The van der Waals surface area contributed by atoms with Crippen molar-refractivity contribution in [3.8, 4) is 5.82 Å². The van der Waals surface area contributed by atoms with Crippen LogP contribution in [0.5, 0.6) is 0 Å². The number of hydrogen-bond donors (Lipinski definition) is 1. The standard InChI is InChI=1S/C13H11N3O/c1-9-5-4-6-10-12(9)15-16(13(10)17)11-7-2-3-8-14-11/h2-8,15H,1H3. The number of H-pyrrole nitrogens is 1. The van der Waals surface area contributed by atoms with Crippen LogP contribution in [0.2, 0.25) is 0 Å². The summed E-state index contributed by atoms with van der Waals surface area (Å²) in [4.78, 5) is 16.3. The number of aromatic nitrogens is 3. The normalized spacial score (nSPS) is 10.9. The van der Waals surface area contributed by atoms with Gasteiger partial charge in [-0.3, -0.25) is 9.89 Å². The van der Waals surface area contributed by atoms with Crippen LogP contribution in [-0.4, -0.2) is 14.8 Å². The van der Waals surface area contributed by atoms with Crippen LogP contribution in [0.25, 0.3) is 16.7 Å². The summed E-state index contributed by atoms with van der Waals surface area (Å²) in [7, 11) is 0. The molecule has 17 heavy (non-hydrogen) atoms. The van der Waals surface area contributed by atoms with E-state index in [0.717, 1.165) is 11.1 Å². The van der Waals surface area contributed by atoms with Crippen LogP contribution in [0.1, 0.15) is 5.56 Å². The molecule has 0 saturated carbocycles. The van der Waals surface area contributed by atoms with Crippen molar-refractivity contribution < 1.29 is 0 Å². The summed E-state index contributed by atoms with van der Waals surface area (Å²) in [6, 6.07) is 11.2. The molecule has 0 bridgehead atoms. The highest BCUT2D eigenvalue weighted by molar-refractivity contribution is 5.81. The second-order valence-corrected chi connectivity index (χ2v) is 3.94. The number of aromatic amines is 1. The van der Waals surface area contributed by atoms with E-state index in [1.54, 1.807) is 12.3 Å². The Balaban J connectivity index is 2.37. The van der Waals surface area contributed by atoms with Crippen molar-refractivity contribution in [3.05, 3.63) is 58.5 Å². The van der Waals surface area contributed by atoms with Crippen molar-refractivity contribution in [1.29, 1.82) is 0 Å². The fourth-order valence-electron chi connectivity index (χ4n) is 1.92. The molecule has 0 amide bonds. The van der Waals surface area contributed by atoms with Crippen molar-refractivity contribution in [3.63, 3.8) is 0 Å². The van der Waals surface area contributed by atoms with E-state index in [0.29, 0.717) is 11.2 Å². The zero-order chi connectivity index (χ0) is 11.8. The van der Waals surface area contributed by atoms with Crippen LogP contribution < -0.4 is 5.56 Å². The molecular formula is C13H11N3O. The van der Waals surface area contributed by atoms with Gasteiger partial charge in [-0.1, -0.05) is 18.2 Å². The summed E-state index contributed by atoms with van der Waals surface area (Å²) >= 11 is 0. The molecule has 2 heterocycles. The zero-order valence-electron chi connectivity index (χ0n) is 9.34. The highest BCUT2D eigenvalue weighted by Gasteiger charge is 2.09. The highest BCUT2D eigenvalue weighted by atomic mass is 16.1. The van der Waals surface area contributed by atoms with Gasteiger partial charge in [0.1, 0.15) is 0 Å². The maximum atomic E-state index is 12.2. The van der Waals surface area contributed by atoms with Gasteiger partial charge < -0.3 is 0 Å². The molecule has 3 aromatic rings. The second kappa shape index (κ2) is 3.59. The van der Waals surface area contributed by atoms with Crippen LogP contribution in [0.3, 0.4) is 0 Å². The fourth-order valence-corrected chi connectivity index (χ4v) is 1.92. The van der Waals surface area contributed by atoms with E-state index < -0.39 is 0 Å². The van der Waals surface area contributed by atoms with Gasteiger partial charge in [0, 0.05) is 6.20 Å². The van der Waals surface area contributed by atoms with Crippen LogP contribution in [-0.2, 0) is 0 Å². The smallest absolute Gasteiger partial charge is 0.280 e. The van der Waals surface area contributed by atoms with Crippen molar-refractivity contribution in [1.82, 2.24) is 14.8 Å². The van der Waals surface area contributed by atoms with Crippen molar-refractivity contribution in [2.75, 3.05) is 0 Å². The summed E-state index contributed by atoms with van der Waals surface area (Å²) in [5, 5.41) is 3.78. The highest BCUT2D eigenvalue weighted by Crippen LogP contribution is 2.13. The van der Waals surface area contributed by atoms with Gasteiger partial charge in [-0.05, 0) is 30.7 Å². The Hall–Kier alpha value is -2.36. The number of aryl methyl sites for hydroxylation is 1. The lowest BCUT2D eigenvalue weighted by Gasteiger charge is -1.98. The maximum Gasteiger partial charge on any atom is 0.280 e. The first-order valence-corrected chi connectivity index (χ1v) is 5.39. The largest absolute Gasteiger partial charge is 0.289 e. The summed E-state index contributed by atoms with van der Waals surface area (Å²) in [6.07, 6.45) is 1.67. The minimum Gasteiger partial charge on any atom is -0.289 e. The first kappa shape index (κ1) is 9.84. The van der Waals surface area contributed by atoms with Gasteiger partial charge in [-0.25, -0.2) is 9.67 Å². The molecule has 0 radical (unpaired) electrons. The third-order valence-corrected chi connectivity index (χ3v) is 2.81. The number of nitrogens with one attached hydrogen (secondary N) is 1. The number of benzene rings is 1. The van der Waals surface area contributed by atoms with E-state index in [2.05, 4.69) is 10.1 Å². The molecule has 0 atom stereocenters. The molecule has 0 saturated heterocycles. The Morgan fingerprint density at radius 1 is 1.18 bits per heavy atom. The van der Waals surface area contributed by atoms with Crippen molar-refractivity contribution in [2.45, 2.75) is 6.92 Å². The molecule has 0 aliphatic rings. The molecule has 1 N–H and O–H groups in total. The number of pyridine rings is 1. The summed E-state index contributed by atoms with van der Waals surface area (Å²) in [5.74, 6) is 0.605. The molecular weight excluding hydrogens is 214 g/mol. The van der Waals surface area contributed by atoms with Crippen LogP contribution in [0, 0.1) is 6.92 Å². The molecule has 2 aromatic heterocycles. The molecule has 3 rings (SSSR count). The fraction of sp³-hybridized carbons (Fsp3) is 0.0769. The summed E-state index contributed by atoms with van der Waals surface area (Å²) in [6.45, 7) is 1.97. The van der Waals surface area contributed by atoms with E-state index in [1.165, 1.54) is 4.68 Å². The molecule has 4 nitrogen and oxygen atoms in total. The average Bonchev–Trinajstić information content (AvgIpc) is 2.70. The zero-order valence-corrected chi connectivity index (χ0v) is 9.34. The Morgan fingerprint density at radius 2 is 2.06 bits per heavy atom. The van der Waals surface area contributed by atoms with Gasteiger partial charge in [-0.2, -0.15) is 0 Å². The van der Waals surface area contributed by atoms with Gasteiger partial charge >= 0.3 is 0 Å². The number of fused-ring (bicyclic) bond motifs is 1. The van der Waals surface area contributed by atoms with E-state index in [4.69, 9.17) is 0 Å². The van der Waals surface area contributed by atoms with Crippen LogP contribution in [0.4, 0.5) is 0 Å².